The molecule has 0 aliphatic carbocycles. The van der Waals surface area contributed by atoms with Crippen molar-refractivity contribution in [1.82, 2.24) is 15.1 Å². The van der Waals surface area contributed by atoms with Gasteiger partial charge in [0.05, 0.1) is 5.56 Å². The number of rotatable bonds is 3. The Morgan fingerprint density at radius 1 is 1.23 bits per heavy atom. The molecule has 6 heteroatoms. The summed E-state index contributed by atoms with van der Waals surface area (Å²) in [5.74, 6) is 0.0641. The third kappa shape index (κ3) is 2.73. The van der Waals surface area contributed by atoms with Crippen molar-refractivity contribution in [1.29, 1.82) is 0 Å². The van der Waals surface area contributed by atoms with E-state index in [0.29, 0.717) is 18.7 Å². The number of urea groups is 1. The minimum atomic E-state index is 0.0327. The van der Waals surface area contributed by atoms with Crippen LogP contribution in [0.1, 0.15) is 23.2 Å². The molecule has 1 aromatic carbocycles. The molecule has 6 nitrogen and oxygen atoms in total. The molecule has 3 amide bonds. The van der Waals surface area contributed by atoms with Gasteiger partial charge in [-0.05, 0) is 25.0 Å². The number of nitrogens with one attached hydrogen (secondary N) is 2. The maximum atomic E-state index is 12.7. The first-order chi connectivity index (χ1) is 10.7. The Balaban J connectivity index is 1.63. The Kier molecular flexibility index (Phi) is 4.18. The van der Waals surface area contributed by atoms with Crippen LogP contribution < -0.4 is 10.6 Å². The number of benzene rings is 1. The van der Waals surface area contributed by atoms with Crippen LogP contribution in [-0.4, -0.2) is 61.0 Å². The smallest absolute Gasteiger partial charge is 0.317 e. The van der Waals surface area contributed by atoms with Gasteiger partial charge in [0, 0.05) is 45.0 Å². The summed E-state index contributed by atoms with van der Waals surface area (Å²) in [7, 11) is 1.82. The van der Waals surface area contributed by atoms with Crippen molar-refractivity contribution in [3.8, 4) is 0 Å². The lowest BCUT2D eigenvalue weighted by molar-refractivity contribution is 0.0667. The summed E-state index contributed by atoms with van der Waals surface area (Å²) >= 11 is 0. The van der Waals surface area contributed by atoms with E-state index in [2.05, 4.69) is 10.6 Å². The Labute approximate surface area is 130 Å². The maximum absolute atomic E-state index is 12.7. The molecular weight excluding hydrogens is 280 g/mol. The van der Waals surface area contributed by atoms with E-state index in [1.165, 1.54) is 0 Å². The number of hydrogen-bond acceptors (Lipinski definition) is 3. The van der Waals surface area contributed by atoms with Gasteiger partial charge < -0.3 is 20.4 Å². The Hall–Kier alpha value is -2.24. The van der Waals surface area contributed by atoms with Crippen molar-refractivity contribution in [3.63, 3.8) is 0 Å². The second-order valence-corrected chi connectivity index (χ2v) is 5.74. The highest BCUT2D eigenvalue weighted by Crippen LogP contribution is 2.22. The largest absolute Gasteiger partial charge is 0.387 e. The van der Waals surface area contributed by atoms with E-state index >= 15 is 0 Å². The molecule has 0 atom stereocenters. The fraction of sp³-hybridized carbons (Fsp3) is 0.500. The van der Waals surface area contributed by atoms with Crippen molar-refractivity contribution in [3.05, 3.63) is 29.8 Å². The van der Waals surface area contributed by atoms with Crippen molar-refractivity contribution >= 4 is 17.6 Å². The van der Waals surface area contributed by atoms with Crippen LogP contribution in [0.15, 0.2) is 24.3 Å². The molecule has 0 unspecified atom stereocenters. The standard InChI is InChI=1S/C16H22N4O2/c1-17-14-5-3-2-4-13(14)15(21)19-9-6-12(7-10-19)20-11-8-18-16(20)22/h2-5,12,17H,6-11H2,1H3,(H,18,22). The SMILES string of the molecule is CNc1ccccc1C(=O)N1CCC(N2CCNC2=O)CC1. The number of para-hydroxylation sites is 1. The van der Waals surface area contributed by atoms with Gasteiger partial charge in [0.25, 0.3) is 5.91 Å². The average molecular weight is 302 g/mol. The van der Waals surface area contributed by atoms with Crippen LogP contribution in [0.5, 0.6) is 0 Å². The van der Waals surface area contributed by atoms with Gasteiger partial charge in [0.2, 0.25) is 0 Å². The summed E-state index contributed by atoms with van der Waals surface area (Å²) in [5, 5.41) is 5.91. The lowest BCUT2D eigenvalue weighted by Gasteiger charge is -2.36. The zero-order chi connectivity index (χ0) is 15.5. The normalized spacial score (nSPS) is 19.2. The van der Waals surface area contributed by atoms with Crippen molar-refractivity contribution < 1.29 is 9.59 Å². The Bertz CT molecular complexity index is 567. The van der Waals surface area contributed by atoms with Crippen LogP contribution in [0.3, 0.4) is 0 Å². The fourth-order valence-corrected chi connectivity index (χ4v) is 3.27. The molecule has 3 rings (SSSR count). The van der Waals surface area contributed by atoms with Crippen molar-refractivity contribution in [2.75, 3.05) is 38.5 Å². The summed E-state index contributed by atoms with van der Waals surface area (Å²) in [6, 6.07) is 7.86. The van der Waals surface area contributed by atoms with E-state index in [0.717, 1.165) is 31.6 Å². The first-order valence-electron chi connectivity index (χ1n) is 7.81. The van der Waals surface area contributed by atoms with Gasteiger partial charge in [-0.2, -0.15) is 0 Å². The molecule has 0 aromatic heterocycles. The second kappa shape index (κ2) is 6.25. The number of piperidine rings is 1. The van der Waals surface area contributed by atoms with E-state index < -0.39 is 0 Å². The number of nitrogens with zero attached hydrogens (tertiary/aromatic N) is 2. The van der Waals surface area contributed by atoms with E-state index in [1.54, 1.807) is 0 Å². The predicted octanol–water partition coefficient (Wildman–Crippen LogP) is 1.36. The monoisotopic (exact) mass is 302 g/mol. The van der Waals surface area contributed by atoms with E-state index in [9.17, 15) is 9.59 Å². The first kappa shape index (κ1) is 14.7. The summed E-state index contributed by atoms with van der Waals surface area (Å²) in [6.07, 6.45) is 1.70. The number of amides is 3. The van der Waals surface area contributed by atoms with Crippen molar-refractivity contribution in [2.24, 2.45) is 0 Å². The van der Waals surface area contributed by atoms with Gasteiger partial charge in [-0.1, -0.05) is 12.1 Å². The molecule has 118 valence electrons. The average Bonchev–Trinajstić information content (AvgIpc) is 3.00. The van der Waals surface area contributed by atoms with E-state index in [-0.39, 0.29) is 18.0 Å². The predicted molar refractivity (Wildman–Crippen MR) is 85.0 cm³/mol. The first-order valence-corrected chi connectivity index (χ1v) is 7.81. The van der Waals surface area contributed by atoms with Gasteiger partial charge in [-0.25, -0.2) is 4.79 Å². The molecule has 22 heavy (non-hydrogen) atoms. The molecular formula is C16H22N4O2. The van der Waals surface area contributed by atoms with Gasteiger partial charge >= 0.3 is 6.03 Å². The third-order valence-electron chi connectivity index (χ3n) is 4.51. The highest BCUT2D eigenvalue weighted by atomic mass is 16.2. The second-order valence-electron chi connectivity index (χ2n) is 5.74. The molecule has 2 N–H and O–H groups in total. The van der Waals surface area contributed by atoms with E-state index in [1.807, 2.05) is 41.1 Å². The quantitative estimate of drug-likeness (QED) is 0.886. The minimum Gasteiger partial charge on any atom is -0.387 e. The molecule has 0 spiro atoms. The highest BCUT2D eigenvalue weighted by molar-refractivity contribution is 5.99. The number of carbonyl (C=O) groups is 2. The van der Waals surface area contributed by atoms with Crippen LogP contribution in [0.4, 0.5) is 10.5 Å². The third-order valence-corrected chi connectivity index (χ3v) is 4.51. The van der Waals surface area contributed by atoms with E-state index in [4.69, 9.17) is 0 Å². The highest BCUT2D eigenvalue weighted by Gasteiger charge is 2.32. The molecule has 0 saturated carbocycles. The fourth-order valence-electron chi connectivity index (χ4n) is 3.27. The van der Waals surface area contributed by atoms with Gasteiger partial charge in [-0.3, -0.25) is 4.79 Å². The lowest BCUT2D eigenvalue weighted by Crippen LogP contribution is -2.47. The van der Waals surface area contributed by atoms with Gasteiger partial charge in [0.15, 0.2) is 0 Å². The Morgan fingerprint density at radius 3 is 2.59 bits per heavy atom. The summed E-state index contributed by atoms with van der Waals surface area (Å²) < 4.78 is 0. The molecule has 2 fully saturated rings. The number of carbonyl (C=O) groups excluding carboxylic acids is 2. The van der Waals surface area contributed by atoms with Crippen molar-refractivity contribution in [2.45, 2.75) is 18.9 Å². The van der Waals surface area contributed by atoms with Crippen LogP contribution in [0.25, 0.3) is 0 Å². The summed E-state index contributed by atoms with van der Waals surface area (Å²) in [5.41, 5.74) is 1.57. The Morgan fingerprint density at radius 2 is 1.95 bits per heavy atom. The van der Waals surface area contributed by atoms with Gasteiger partial charge in [0.1, 0.15) is 0 Å². The molecule has 2 aliphatic rings. The molecule has 2 saturated heterocycles. The van der Waals surface area contributed by atoms with Crippen LogP contribution in [-0.2, 0) is 0 Å². The van der Waals surface area contributed by atoms with Crippen LogP contribution >= 0.6 is 0 Å². The lowest BCUT2D eigenvalue weighted by atomic mass is 10.0. The number of hydrogen-bond donors (Lipinski definition) is 2. The number of anilines is 1. The minimum absolute atomic E-state index is 0.0327. The molecule has 1 aromatic rings. The zero-order valence-electron chi connectivity index (χ0n) is 12.8. The topological polar surface area (TPSA) is 64.7 Å². The molecule has 2 aliphatic heterocycles. The zero-order valence-corrected chi connectivity index (χ0v) is 12.8. The summed E-state index contributed by atoms with van der Waals surface area (Å²) in [6.45, 7) is 2.91. The molecule has 2 heterocycles. The molecule has 0 radical (unpaired) electrons. The summed E-state index contributed by atoms with van der Waals surface area (Å²) in [4.78, 5) is 28.2. The van der Waals surface area contributed by atoms with Gasteiger partial charge in [-0.15, -0.1) is 0 Å². The molecule has 0 bridgehead atoms. The maximum Gasteiger partial charge on any atom is 0.317 e. The van der Waals surface area contributed by atoms with Crippen LogP contribution in [0, 0.1) is 0 Å². The van der Waals surface area contributed by atoms with Crippen LogP contribution in [0.2, 0.25) is 0 Å². The number of likely N-dealkylation sites (tertiary alicyclic amines) is 1.